The van der Waals surface area contributed by atoms with Gasteiger partial charge in [-0.3, -0.25) is 4.79 Å². The predicted octanol–water partition coefficient (Wildman–Crippen LogP) is 4.86. The van der Waals surface area contributed by atoms with Crippen molar-refractivity contribution in [2.45, 2.75) is 79.0 Å². The third-order valence-corrected chi connectivity index (χ3v) is 6.96. The monoisotopic (exact) mass is 406 g/mol. The highest BCUT2D eigenvalue weighted by atomic mass is 16.8. The maximum Gasteiger partial charge on any atom is 0.302 e. The first kappa shape index (κ1) is 22.5. The highest BCUT2D eigenvalue weighted by Gasteiger charge is 2.55. The number of carbonyl (C=O) groups is 1. The Morgan fingerprint density at radius 3 is 2.38 bits per heavy atom. The van der Waals surface area contributed by atoms with E-state index in [1.54, 1.807) is 14.2 Å². The summed E-state index contributed by atoms with van der Waals surface area (Å²) in [6.45, 7) is 10.3. The molecule has 164 valence electrons. The molecule has 0 unspecified atom stereocenters. The fourth-order valence-electron chi connectivity index (χ4n) is 5.55. The fourth-order valence-corrected chi connectivity index (χ4v) is 5.55. The smallest absolute Gasteiger partial charge is 0.302 e. The highest BCUT2D eigenvalue weighted by Crippen LogP contribution is 2.58. The molecule has 5 heteroatoms. The largest absolute Gasteiger partial charge is 0.462 e. The lowest BCUT2D eigenvalue weighted by molar-refractivity contribution is -0.184. The van der Waals surface area contributed by atoms with Crippen molar-refractivity contribution >= 4 is 5.97 Å². The zero-order valence-electron chi connectivity index (χ0n) is 19.1. The van der Waals surface area contributed by atoms with E-state index in [1.807, 2.05) is 0 Å². The van der Waals surface area contributed by atoms with E-state index in [9.17, 15) is 4.79 Å². The maximum atomic E-state index is 12.0. The average molecular weight is 407 g/mol. The van der Waals surface area contributed by atoms with E-state index in [2.05, 4.69) is 33.8 Å². The first-order valence-corrected chi connectivity index (χ1v) is 11.0. The molecule has 5 nitrogen and oxygen atoms in total. The van der Waals surface area contributed by atoms with Crippen LogP contribution in [0.4, 0.5) is 0 Å². The Labute approximate surface area is 175 Å². The van der Waals surface area contributed by atoms with Gasteiger partial charge in [0.25, 0.3) is 0 Å². The van der Waals surface area contributed by atoms with Gasteiger partial charge < -0.3 is 18.9 Å². The van der Waals surface area contributed by atoms with Crippen molar-refractivity contribution in [2.24, 2.45) is 29.6 Å². The summed E-state index contributed by atoms with van der Waals surface area (Å²) in [5, 5.41) is 0. The number of carbonyl (C=O) groups excluding carboxylic acids is 1. The van der Waals surface area contributed by atoms with Gasteiger partial charge in [0.15, 0.2) is 12.6 Å². The molecule has 0 saturated heterocycles. The highest BCUT2D eigenvalue weighted by molar-refractivity contribution is 5.66. The molecule has 0 N–H and O–H groups in total. The van der Waals surface area contributed by atoms with Crippen LogP contribution >= 0.6 is 0 Å². The van der Waals surface area contributed by atoms with Crippen LogP contribution in [0.15, 0.2) is 22.8 Å². The van der Waals surface area contributed by atoms with Gasteiger partial charge in [0, 0.05) is 27.1 Å². The molecule has 1 aliphatic heterocycles. The second-order valence-electron chi connectivity index (χ2n) is 9.41. The van der Waals surface area contributed by atoms with Gasteiger partial charge in [0.1, 0.15) is 6.10 Å². The minimum Gasteiger partial charge on any atom is -0.462 e. The average Bonchev–Trinajstić information content (AvgIpc) is 3.34. The van der Waals surface area contributed by atoms with E-state index in [4.69, 9.17) is 18.9 Å². The Morgan fingerprint density at radius 1 is 1.14 bits per heavy atom. The lowest BCUT2D eigenvalue weighted by atomic mass is 9.73. The second kappa shape index (κ2) is 9.32. The Kier molecular flexibility index (Phi) is 7.23. The summed E-state index contributed by atoms with van der Waals surface area (Å²) < 4.78 is 23.6. The van der Waals surface area contributed by atoms with Crippen LogP contribution in [-0.2, 0) is 23.7 Å². The van der Waals surface area contributed by atoms with Gasteiger partial charge >= 0.3 is 5.97 Å². The van der Waals surface area contributed by atoms with Gasteiger partial charge in [-0.05, 0) is 74.3 Å². The van der Waals surface area contributed by atoms with Crippen LogP contribution in [0.3, 0.4) is 0 Å². The van der Waals surface area contributed by atoms with Gasteiger partial charge in [-0.15, -0.1) is 0 Å². The zero-order valence-corrected chi connectivity index (χ0v) is 19.1. The molecule has 0 spiro atoms. The normalized spacial score (nSPS) is 37.1. The van der Waals surface area contributed by atoms with E-state index in [0.717, 1.165) is 25.7 Å². The quantitative estimate of drug-likeness (QED) is 0.446. The van der Waals surface area contributed by atoms with Crippen molar-refractivity contribution in [1.82, 2.24) is 0 Å². The van der Waals surface area contributed by atoms with Crippen LogP contribution in [0.5, 0.6) is 0 Å². The number of allylic oxidation sites excluding steroid dienone is 2. The Bertz CT molecular complexity index is 662. The lowest BCUT2D eigenvalue weighted by Crippen LogP contribution is -2.38. The summed E-state index contributed by atoms with van der Waals surface area (Å²) in [5.74, 6) is 1.81. The number of methoxy groups -OCH3 is 2. The Balaban J connectivity index is 2.02. The van der Waals surface area contributed by atoms with Crippen LogP contribution in [0, 0.1) is 29.6 Å². The summed E-state index contributed by atoms with van der Waals surface area (Å²) >= 11 is 0. The fraction of sp³-hybridized carbons (Fsp3) is 0.792. The van der Waals surface area contributed by atoms with E-state index >= 15 is 0 Å². The number of esters is 1. The van der Waals surface area contributed by atoms with Crippen LogP contribution in [-0.4, -0.2) is 38.9 Å². The summed E-state index contributed by atoms with van der Waals surface area (Å²) in [4.78, 5) is 12.0. The third kappa shape index (κ3) is 4.78. The molecule has 0 amide bonds. The number of fused-ring (bicyclic) bond motifs is 2. The Morgan fingerprint density at radius 2 is 1.79 bits per heavy atom. The molecule has 29 heavy (non-hydrogen) atoms. The van der Waals surface area contributed by atoms with Crippen molar-refractivity contribution in [2.75, 3.05) is 14.2 Å². The summed E-state index contributed by atoms with van der Waals surface area (Å²) in [6.07, 6.45) is 5.43. The van der Waals surface area contributed by atoms with Crippen LogP contribution < -0.4 is 0 Å². The number of hydrogen-bond acceptors (Lipinski definition) is 5. The molecule has 0 radical (unpaired) electrons. The van der Waals surface area contributed by atoms with E-state index in [0.29, 0.717) is 23.7 Å². The molecule has 2 aliphatic carbocycles. The SMILES string of the molecule is CO[C@@H]1O[C@@H](OC)C2=C1[C@H]([C@H](C)CCC=C(C)C)[C@H](OC(C)=O)C[C@@H](C)[C@@H]1C[C@H]21. The number of rotatable bonds is 7. The summed E-state index contributed by atoms with van der Waals surface area (Å²) in [5.41, 5.74) is 3.76. The molecule has 1 heterocycles. The molecule has 3 rings (SSSR count). The van der Waals surface area contributed by atoms with Gasteiger partial charge in [-0.25, -0.2) is 0 Å². The van der Waals surface area contributed by atoms with Crippen molar-refractivity contribution < 1.29 is 23.7 Å². The summed E-state index contributed by atoms with van der Waals surface area (Å²) in [7, 11) is 3.38. The number of ether oxygens (including phenoxy) is 4. The van der Waals surface area contributed by atoms with Gasteiger partial charge in [0.05, 0.1) is 0 Å². The van der Waals surface area contributed by atoms with Crippen molar-refractivity contribution in [1.29, 1.82) is 0 Å². The molecule has 0 aromatic heterocycles. The lowest BCUT2D eigenvalue weighted by Gasteiger charge is -2.37. The van der Waals surface area contributed by atoms with E-state index in [1.165, 1.54) is 23.6 Å². The molecule has 0 aromatic carbocycles. The maximum absolute atomic E-state index is 12.0. The summed E-state index contributed by atoms with van der Waals surface area (Å²) in [6, 6.07) is 0. The van der Waals surface area contributed by atoms with Gasteiger partial charge in [0.2, 0.25) is 0 Å². The van der Waals surface area contributed by atoms with Crippen molar-refractivity contribution in [3.63, 3.8) is 0 Å². The first-order valence-electron chi connectivity index (χ1n) is 11.0. The molecule has 3 aliphatic rings. The van der Waals surface area contributed by atoms with Crippen molar-refractivity contribution in [3.05, 3.63) is 22.8 Å². The minimum atomic E-state index is -0.432. The van der Waals surface area contributed by atoms with Gasteiger partial charge in [-0.2, -0.15) is 0 Å². The Hall–Kier alpha value is -1.17. The molecule has 0 aromatic rings. The molecule has 1 fully saturated rings. The topological polar surface area (TPSA) is 54.0 Å². The third-order valence-electron chi connectivity index (χ3n) is 6.96. The zero-order chi connectivity index (χ0) is 21.3. The van der Waals surface area contributed by atoms with Crippen LogP contribution in [0.2, 0.25) is 0 Å². The molecule has 8 atom stereocenters. The molecular formula is C24H38O5. The van der Waals surface area contributed by atoms with E-state index in [-0.39, 0.29) is 24.3 Å². The standard InChI is InChI=1S/C24H38O5/c1-13(2)9-8-10-14(3)20-19(28-16(5)25)11-15(4)17-12-18(17)21-22(20)24(27-7)29-23(21)26-6/h9,14-15,17-20,23-24H,8,10-12H2,1-7H3/t14-,15-,17+,18+,19-,20-,23-,24-/m1/s1. The van der Waals surface area contributed by atoms with Gasteiger partial charge in [-0.1, -0.05) is 25.5 Å². The molecular weight excluding hydrogens is 368 g/mol. The second-order valence-corrected chi connectivity index (χ2v) is 9.41. The van der Waals surface area contributed by atoms with Crippen molar-refractivity contribution in [3.8, 4) is 0 Å². The number of hydrogen-bond donors (Lipinski definition) is 0. The minimum absolute atomic E-state index is 0.0774. The molecule has 1 saturated carbocycles. The molecule has 0 bridgehead atoms. The van der Waals surface area contributed by atoms with Crippen LogP contribution in [0.1, 0.15) is 60.3 Å². The predicted molar refractivity (Wildman–Crippen MR) is 112 cm³/mol. The van der Waals surface area contributed by atoms with E-state index < -0.39 is 6.29 Å². The first-order chi connectivity index (χ1) is 13.8. The van der Waals surface area contributed by atoms with Crippen LogP contribution in [0.25, 0.3) is 0 Å².